The highest BCUT2D eigenvalue weighted by Gasteiger charge is 2.26. The van der Waals surface area contributed by atoms with Crippen LogP contribution in [0.1, 0.15) is 42.2 Å². The fraction of sp³-hybridized carbons (Fsp3) is 0.429. The number of benzene rings is 1. The van der Waals surface area contributed by atoms with Crippen LogP contribution in [0.3, 0.4) is 0 Å². The van der Waals surface area contributed by atoms with E-state index in [9.17, 15) is 4.79 Å². The lowest BCUT2D eigenvalue weighted by Crippen LogP contribution is -2.41. The van der Waals surface area contributed by atoms with Crippen LogP contribution in [0.15, 0.2) is 42.7 Å². The fourth-order valence-electron chi connectivity index (χ4n) is 3.91. The topological polar surface area (TPSA) is 63.9 Å². The lowest BCUT2D eigenvalue weighted by Gasteiger charge is -2.33. The summed E-state index contributed by atoms with van der Waals surface area (Å²) in [6.45, 7) is 4.53. The lowest BCUT2D eigenvalue weighted by atomic mass is 9.97. The molecule has 1 aromatic carbocycles. The average molecular weight is 363 g/mol. The van der Waals surface area contributed by atoms with E-state index in [1.807, 2.05) is 46.1 Å². The SMILES string of the molecule is CCCc1cn(C[C@H]2CCCN(C(=O)c3ccnc4ccccc34)C2)nn1. The van der Waals surface area contributed by atoms with Gasteiger partial charge in [-0.25, -0.2) is 0 Å². The normalized spacial score (nSPS) is 17.4. The number of amides is 1. The van der Waals surface area contributed by atoms with Gasteiger partial charge in [0, 0.05) is 37.4 Å². The van der Waals surface area contributed by atoms with Gasteiger partial charge in [0.15, 0.2) is 0 Å². The summed E-state index contributed by atoms with van der Waals surface area (Å²) in [6.07, 6.45) is 7.94. The first-order valence-electron chi connectivity index (χ1n) is 9.76. The Kier molecular flexibility index (Phi) is 5.14. The maximum atomic E-state index is 13.2. The van der Waals surface area contributed by atoms with E-state index in [2.05, 4.69) is 22.2 Å². The van der Waals surface area contributed by atoms with Crippen molar-refractivity contribution < 1.29 is 4.79 Å². The number of nitrogens with zero attached hydrogens (tertiary/aromatic N) is 5. The van der Waals surface area contributed by atoms with Crippen molar-refractivity contribution in [1.29, 1.82) is 0 Å². The van der Waals surface area contributed by atoms with E-state index in [4.69, 9.17) is 0 Å². The summed E-state index contributed by atoms with van der Waals surface area (Å²) in [5, 5.41) is 9.41. The number of pyridine rings is 1. The molecule has 0 bridgehead atoms. The standard InChI is InChI=1S/C21H25N5O/c1-2-6-17-15-26(24-23-17)14-16-7-5-12-25(13-16)21(27)19-10-11-22-20-9-4-3-8-18(19)20/h3-4,8-11,15-16H,2,5-7,12-14H2,1H3/t16-/m0/s1. The van der Waals surface area contributed by atoms with E-state index in [1.54, 1.807) is 6.20 Å². The van der Waals surface area contributed by atoms with Crippen LogP contribution in [0.5, 0.6) is 0 Å². The maximum Gasteiger partial charge on any atom is 0.254 e. The molecule has 1 atom stereocenters. The number of hydrogen-bond donors (Lipinski definition) is 0. The molecule has 3 aromatic rings. The Balaban J connectivity index is 1.48. The Morgan fingerprint density at radius 1 is 1.26 bits per heavy atom. The molecular formula is C21H25N5O. The first-order chi connectivity index (χ1) is 13.2. The number of rotatable bonds is 5. The molecule has 3 heterocycles. The van der Waals surface area contributed by atoms with Crippen LogP contribution in [-0.4, -0.2) is 43.9 Å². The zero-order chi connectivity index (χ0) is 18.6. The molecule has 27 heavy (non-hydrogen) atoms. The van der Waals surface area contributed by atoms with Gasteiger partial charge in [0.25, 0.3) is 5.91 Å². The van der Waals surface area contributed by atoms with Gasteiger partial charge in [-0.15, -0.1) is 5.10 Å². The summed E-state index contributed by atoms with van der Waals surface area (Å²) in [5.74, 6) is 0.510. The van der Waals surface area contributed by atoms with E-state index in [0.29, 0.717) is 5.92 Å². The van der Waals surface area contributed by atoms with Gasteiger partial charge in [-0.05, 0) is 37.3 Å². The molecule has 0 unspecified atom stereocenters. The Labute approximate surface area is 159 Å². The maximum absolute atomic E-state index is 13.2. The molecule has 0 saturated carbocycles. The molecule has 0 aliphatic carbocycles. The highest BCUT2D eigenvalue weighted by Crippen LogP contribution is 2.23. The van der Waals surface area contributed by atoms with Crippen molar-refractivity contribution in [2.45, 2.75) is 39.2 Å². The van der Waals surface area contributed by atoms with Crippen molar-refractivity contribution >= 4 is 16.8 Å². The zero-order valence-corrected chi connectivity index (χ0v) is 15.7. The summed E-state index contributed by atoms with van der Waals surface area (Å²) < 4.78 is 1.94. The van der Waals surface area contributed by atoms with E-state index >= 15 is 0 Å². The first kappa shape index (κ1) is 17.6. The van der Waals surface area contributed by atoms with Gasteiger partial charge < -0.3 is 4.90 Å². The van der Waals surface area contributed by atoms with Crippen LogP contribution < -0.4 is 0 Å². The number of carbonyl (C=O) groups excluding carboxylic acids is 1. The second-order valence-electron chi connectivity index (χ2n) is 7.32. The molecule has 1 fully saturated rings. The smallest absolute Gasteiger partial charge is 0.254 e. The van der Waals surface area contributed by atoms with Gasteiger partial charge in [-0.2, -0.15) is 0 Å². The highest BCUT2D eigenvalue weighted by atomic mass is 16.2. The number of carbonyl (C=O) groups is 1. The molecular weight excluding hydrogens is 338 g/mol. The number of piperidine rings is 1. The van der Waals surface area contributed by atoms with E-state index in [0.717, 1.165) is 67.5 Å². The van der Waals surface area contributed by atoms with E-state index in [-0.39, 0.29) is 5.91 Å². The van der Waals surface area contributed by atoms with Gasteiger partial charge >= 0.3 is 0 Å². The van der Waals surface area contributed by atoms with Crippen LogP contribution in [0, 0.1) is 5.92 Å². The quantitative estimate of drug-likeness (QED) is 0.697. The number of aryl methyl sites for hydroxylation is 1. The third kappa shape index (κ3) is 3.84. The minimum Gasteiger partial charge on any atom is -0.338 e. The number of para-hydroxylation sites is 1. The third-order valence-corrected chi connectivity index (χ3v) is 5.22. The monoisotopic (exact) mass is 363 g/mol. The van der Waals surface area contributed by atoms with Gasteiger partial charge in [-0.1, -0.05) is 36.8 Å². The van der Waals surface area contributed by atoms with Crippen LogP contribution >= 0.6 is 0 Å². The molecule has 6 heteroatoms. The zero-order valence-electron chi connectivity index (χ0n) is 15.7. The molecule has 140 valence electrons. The second kappa shape index (κ2) is 7.86. The third-order valence-electron chi connectivity index (χ3n) is 5.22. The minimum absolute atomic E-state index is 0.101. The summed E-state index contributed by atoms with van der Waals surface area (Å²) in [7, 11) is 0. The van der Waals surface area contributed by atoms with Crippen LogP contribution in [0.25, 0.3) is 10.9 Å². The number of aromatic nitrogens is 4. The van der Waals surface area contributed by atoms with Crippen molar-refractivity contribution in [2.24, 2.45) is 5.92 Å². The predicted molar refractivity (Wildman–Crippen MR) is 104 cm³/mol. The van der Waals surface area contributed by atoms with Crippen LogP contribution in [0.2, 0.25) is 0 Å². The first-order valence-corrected chi connectivity index (χ1v) is 9.76. The Morgan fingerprint density at radius 3 is 3.04 bits per heavy atom. The van der Waals surface area contributed by atoms with Gasteiger partial charge in [0.2, 0.25) is 0 Å². The average Bonchev–Trinajstić information content (AvgIpc) is 3.14. The number of fused-ring (bicyclic) bond motifs is 1. The second-order valence-corrected chi connectivity index (χ2v) is 7.32. The number of likely N-dealkylation sites (tertiary alicyclic amines) is 1. The molecule has 1 saturated heterocycles. The fourth-order valence-corrected chi connectivity index (χ4v) is 3.91. The molecule has 0 radical (unpaired) electrons. The van der Waals surface area contributed by atoms with Gasteiger partial charge in [-0.3, -0.25) is 14.5 Å². The Bertz CT molecular complexity index is 930. The predicted octanol–water partition coefficient (Wildman–Crippen LogP) is 3.33. The molecule has 2 aromatic heterocycles. The van der Waals surface area contributed by atoms with Crippen molar-refractivity contribution in [3.05, 3.63) is 54.0 Å². The van der Waals surface area contributed by atoms with Crippen molar-refractivity contribution in [3.63, 3.8) is 0 Å². The highest BCUT2D eigenvalue weighted by molar-refractivity contribution is 6.05. The molecule has 0 spiro atoms. The summed E-state index contributed by atoms with van der Waals surface area (Å²) in [4.78, 5) is 19.5. The van der Waals surface area contributed by atoms with Gasteiger partial charge in [0.1, 0.15) is 0 Å². The van der Waals surface area contributed by atoms with Crippen LogP contribution in [0.4, 0.5) is 0 Å². The van der Waals surface area contributed by atoms with E-state index < -0.39 is 0 Å². The lowest BCUT2D eigenvalue weighted by molar-refractivity contribution is 0.0661. The summed E-state index contributed by atoms with van der Waals surface area (Å²) in [6, 6.07) is 9.66. The Hall–Kier alpha value is -2.76. The molecule has 1 aliphatic heterocycles. The summed E-state index contributed by atoms with van der Waals surface area (Å²) >= 11 is 0. The minimum atomic E-state index is 0.101. The molecule has 1 amide bonds. The van der Waals surface area contributed by atoms with Crippen molar-refractivity contribution in [3.8, 4) is 0 Å². The molecule has 4 rings (SSSR count). The van der Waals surface area contributed by atoms with Crippen molar-refractivity contribution in [1.82, 2.24) is 24.9 Å². The van der Waals surface area contributed by atoms with Gasteiger partial charge in [0.05, 0.1) is 16.8 Å². The number of hydrogen-bond acceptors (Lipinski definition) is 4. The van der Waals surface area contributed by atoms with Crippen molar-refractivity contribution in [2.75, 3.05) is 13.1 Å². The summed E-state index contributed by atoms with van der Waals surface area (Å²) in [5.41, 5.74) is 2.65. The Morgan fingerprint density at radius 2 is 2.15 bits per heavy atom. The molecule has 0 N–H and O–H groups in total. The largest absolute Gasteiger partial charge is 0.338 e. The molecule has 1 aliphatic rings. The van der Waals surface area contributed by atoms with Crippen LogP contribution in [-0.2, 0) is 13.0 Å². The van der Waals surface area contributed by atoms with E-state index in [1.165, 1.54) is 0 Å². The molecule has 6 nitrogen and oxygen atoms in total.